The highest BCUT2D eigenvalue weighted by Gasteiger charge is 2.42. The molecular formula is C10H15N3O2. The van der Waals surface area contributed by atoms with Crippen LogP contribution in [0.5, 0.6) is 0 Å². The number of nitrogens with one attached hydrogen (secondary N) is 1. The number of H-pyrrole nitrogens is 1. The Morgan fingerprint density at radius 2 is 2.33 bits per heavy atom. The van der Waals surface area contributed by atoms with Gasteiger partial charge in [-0.05, 0) is 20.8 Å². The van der Waals surface area contributed by atoms with Crippen molar-refractivity contribution >= 4 is 5.97 Å². The second-order valence-corrected chi connectivity index (χ2v) is 4.52. The van der Waals surface area contributed by atoms with E-state index in [9.17, 15) is 4.79 Å². The Hall–Kier alpha value is -1.39. The lowest BCUT2D eigenvalue weighted by Gasteiger charge is -2.23. The molecule has 15 heavy (non-hydrogen) atoms. The maximum atomic E-state index is 11.2. The summed E-state index contributed by atoms with van der Waals surface area (Å²) >= 11 is 0. The van der Waals surface area contributed by atoms with Gasteiger partial charge in [0.25, 0.3) is 0 Å². The first-order chi connectivity index (χ1) is 6.97. The molecule has 2 rings (SSSR count). The van der Waals surface area contributed by atoms with Gasteiger partial charge in [0.2, 0.25) is 0 Å². The first-order valence-electron chi connectivity index (χ1n) is 5.07. The van der Waals surface area contributed by atoms with E-state index in [1.165, 1.54) is 0 Å². The van der Waals surface area contributed by atoms with Gasteiger partial charge in [0, 0.05) is 12.3 Å². The summed E-state index contributed by atoms with van der Waals surface area (Å²) in [4.78, 5) is 15.4. The van der Waals surface area contributed by atoms with E-state index in [-0.39, 0.29) is 11.9 Å². The highest BCUT2D eigenvalue weighted by molar-refractivity contribution is 5.72. The Bertz CT molecular complexity index is 384. The van der Waals surface area contributed by atoms with Gasteiger partial charge in [-0.15, -0.1) is 0 Å². The predicted octanol–water partition coefficient (Wildman–Crippen LogP) is 0.997. The second kappa shape index (κ2) is 3.32. The van der Waals surface area contributed by atoms with E-state index in [4.69, 9.17) is 4.74 Å². The van der Waals surface area contributed by atoms with Crippen LogP contribution in [0.2, 0.25) is 0 Å². The fraction of sp³-hybridized carbons (Fsp3) is 0.700. The number of hydrogen-bond acceptors (Lipinski definition) is 4. The number of aromatic nitrogens is 3. The molecule has 0 amide bonds. The number of hydrogen-bond donors (Lipinski definition) is 1. The van der Waals surface area contributed by atoms with Crippen LogP contribution in [0.1, 0.15) is 31.9 Å². The number of cyclic esters (lactones) is 1. The zero-order chi connectivity index (χ0) is 11.1. The van der Waals surface area contributed by atoms with Crippen LogP contribution >= 0.6 is 0 Å². The second-order valence-electron chi connectivity index (χ2n) is 4.52. The van der Waals surface area contributed by atoms with Gasteiger partial charge in [0.15, 0.2) is 5.82 Å². The Kier molecular flexibility index (Phi) is 2.25. The number of carbonyl (C=O) groups is 1. The molecule has 1 aliphatic rings. The zero-order valence-corrected chi connectivity index (χ0v) is 9.20. The van der Waals surface area contributed by atoms with Gasteiger partial charge < -0.3 is 4.74 Å². The minimum Gasteiger partial charge on any atom is -0.459 e. The summed E-state index contributed by atoms with van der Waals surface area (Å²) in [7, 11) is 0. The van der Waals surface area contributed by atoms with E-state index in [1.807, 2.05) is 20.8 Å². The molecule has 0 spiro atoms. The highest BCUT2D eigenvalue weighted by atomic mass is 16.6. The molecule has 0 saturated carbocycles. The van der Waals surface area contributed by atoms with Gasteiger partial charge in [-0.25, -0.2) is 4.98 Å². The minimum atomic E-state index is -0.397. The number of esters is 1. The molecule has 1 atom stereocenters. The smallest absolute Gasteiger partial charge is 0.306 e. The summed E-state index contributed by atoms with van der Waals surface area (Å²) in [6.45, 7) is 5.72. The zero-order valence-electron chi connectivity index (χ0n) is 9.20. The normalized spacial score (nSPS) is 24.2. The SMILES string of the molecule is Cc1nc(CC2CC(=O)OC2(C)C)n[nH]1. The van der Waals surface area contributed by atoms with Gasteiger partial charge in [-0.1, -0.05) is 0 Å². The van der Waals surface area contributed by atoms with E-state index >= 15 is 0 Å². The molecule has 2 heterocycles. The summed E-state index contributed by atoms with van der Waals surface area (Å²) in [5.74, 6) is 1.59. The van der Waals surface area contributed by atoms with Crippen LogP contribution in [0.25, 0.3) is 0 Å². The molecule has 1 fully saturated rings. The Morgan fingerprint density at radius 3 is 2.80 bits per heavy atom. The van der Waals surface area contributed by atoms with E-state index in [0.29, 0.717) is 12.8 Å². The van der Waals surface area contributed by atoms with Crippen molar-refractivity contribution in [3.8, 4) is 0 Å². The number of aromatic amines is 1. The number of nitrogens with zero attached hydrogens (tertiary/aromatic N) is 2. The van der Waals surface area contributed by atoms with Crippen LogP contribution in [-0.2, 0) is 16.0 Å². The van der Waals surface area contributed by atoms with Crippen molar-refractivity contribution in [1.29, 1.82) is 0 Å². The molecule has 1 aromatic heterocycles. The highest BCUT2D eigenvalue weighted by Crippen LogP contribution is 2.34. The molecule has 82 valence electrons. The molecule has 0 aromatic carbocycles. The van der Waals surface area contributed by atoms with Crippen molar-refractivity contribution in [3.63, 3.8) is 0 Å². The van der Waals surface area contributed by atoms with E-state index in [1.54, 1.807) is 0 Å². The minimum absolute atomic E-state index is 0.128. The average molecular weight is 209 g/mol. The van der Waals surface area contributed by atoms with Crippen LogP contribution in [0.3, 0.4) is 0 Å². The van der Waals surface area contributed by atoms with Gasteiger partial charge in [-0.3, -0.25) is 9.89 Å². The van der Waals surface area contributed by atoms with Gasteiger partial charge in [0.05, 0.1) is 6.42 Å². The van der Waals surface area contributed by atoms with Gasteiger partial charge in [-0.2, -0.15) is 5.10 Å². The number of aryl methyl sites for hydroxylation is 1. The van der Waals surface area contributed by atoms with Crippen LogP contribution in [-0.4, -0.2) is 26.8 Å². The molecule has 0 radical (unpaired) electrons. The third-order valence-corrected chi connectivity index (χ3v) is 2.85. The lowest BCUT2D eigenvalue weighted by Crippen LogP contribution is -2.29. The van der Waals surface area contributed by atoms with Gasteiger partial charge in [0.1, 0.15) is 11.4 Å². The molecular weight excluding hydrogens is 194 g/mol. The molecule has 5 heteroatoms. The van der Waals surface area contributed by atoms with E-state index in [2.05, 4.69) is 15.2 Å². The monoisotopic (exact) mass is 209 g/mol. The standard InChI is InChI=1S/C10H15N3O2/c1-6-11-8(13-12-6)4-7-5-9(14)15-10(7,2)3/h7H,4-5H2,1-3H3,(H,11,12,13). The first-order valence-corrected chi connectivity index (χ1v) is 5.07. The number of carbonyl (C=O) groups excluding carboxylic acids is 1. The van der Waals surface area contributed by atoms with E-state index in [0.717, 1.165) is 11.6 Å². The first kappa shape index (κ1) is 10.1. The number of ether oxygens (including phenoxy) is 1. The predicted molar refractivity (Wildman–Crippen MR) is 53.1 cm³/mol. The maximum absolute atomic E-state index is 11.2. The fourth-order valence-corrected chi connectivity index (χ4v) is 1.88. The van der Waals surface area contributed by atoms with Crippen molar-refractivity contribution in [1.82, 2.24) is 15.2 Å². The van der Waals surface area contributed by atoms with Crippen LogP contribution in [0.15, 0.2) is 0 Å². The maximum Gasteiger partial charge on any atom is 0.306 e. The van der Waals surface area contributed by atoms with Crippen LogP contribution < -0.4 is 0 Å². The molecule has 0 bridgehead atoms. The topological polar surface area (TPSA) is 67.9 Å². The lowest BCUT2D eigenvalue weighted by atomic mass is 9.88. The lowest BCUT2D eigenvalue weighted by molar-refractivity contribution is -0.146. The largest absolute Gasteiger partial charge is 0.459 e. The van der Waals surface area contributed by atoms with Crippen LogP contribution in [0.4, 0.5) is 0 Å². The summed E-state index contributed by atoms with van der Waals surface area (Å²) in [6, 6.07) is 0. The molecule has 5 nitrogen and oxygen atoms in total. The summed E-state index contributed by atoms with van der Waals surface area (Å²) < 4.78 is 5.24. The summed E-state index contributed by atoms with van der Waals surface area (Å²) in [5, 5.41) is 6.86. The third-order valence-electron chi connectivity index (χ3n) is 2.85. The van der Waals surface area contributed by atoms with E-state index < -0.39 is 5.60 Å². The Labute approximate surface area is 88.2 Å². The summed E-state index contributed by atoms with van der Waals surface area (Å²) in [6.07, 6.45) is 1.14. The van der Waals surface area contributed by atoms with Gasteiger partial charge >= 0.3 is 5.97 Å². The molecule has 1 aromatic rings. The van der Waals surface area contributed by atoms with Crippen molar-refractivity contribution < 1.29 is 9.53 Å². The molecule has 1 saturated heterocycles. The van der Waals surface area contributed by atoms with Crippen molar-refractivity contribution in [2.24, 2.45) is 5.92 Å². The average Bonchev–Trinajstić information content (AvgIpc) is 2.58. The van der Waals surface area contributed by atoms with Crippen molar-refractivity contribution in [3.05, 3.63) is 11.6 Å². The summed E-state index contributed by atoms with van der Waals surface area (Å²) in [5.41, 5.74) is -0.397. The number of rotatable bonds is 2. The molecule has 1 N–H and O–H groups in total. The quantitative estimate of drug-likeness (QED) is 0.738. The van der Waals surface area contributed by atoms with Crippen molar-refractivity contribution in [2.75, 3.05) is 0 Å². The van der Waals surface area contributed by atoms with Crippen molar-refractivity contribution in [2.45, 2.75) is 39.2 Å². The molecule has 1 unspecified atom stereocenters. The molecule has 1 aliphatic heterocycles. The molecule has 0 aliphatic carbocycles. The Balaban J connectivity index is 2.09. The van der Waals surface area contributed by atoms with Crippen LogP contribution in [0, 0.1) is 12.8 Å². The third kappa shape index (κ3) is 2.00. The fourth-order valence-electron chi connectivity index (χ4n) is 1.88. The Morgan fingerprint density at radius 1 is 1.60 bits per heavy atom.